The number of oxime groups is 1. The van der Waals surface area contributed by atoms with Gasteiger partial charge < -0.3 is 10.6 Å². The SMILES string of the molecule is Cc1ccc(C(=O)ON=C(N)c2ccc[nH+]c2)cc1C. The zero-order valence-corrected chi connectivity index (χ0v) is 11.4. The first-order valence-corrected chi connectivity index (χ1v) is 6.16. The van der Waals surface area contributed by atoms with E-state index in [1.807, 2.05) is 19.9 Å². The van der Waals surface area contributed by atoms with Crippen LogP contribution < -0.4 is 10.7 Å². The van der Waals surface area contributed by atoms with E-state index in [-0.39, 0.29) is 5.84 Å². The van der Waals surface area contributed by atoms with Gasteiger partial charge in [0.25, 0.3) is 0 Å². The van der Waals surface area contributed by atoms with Crippen LogP contribution in [-0.2, 0) is 4.84 Å². The molecule has 0 amide bonds. The lowest BCUT2D eigenvalue weighted by atomic mass is 10.1. The summed E-state index contributed by atoms with van der Waals surface area (Å²) >= 11 is 0. The number of nitrogens with zero attached hydrogens (tertiary/aromatic N) is 1. The van der Waals surface area contributed by atoms with Crippen LogP contribution in [0.1, 0.15) is 27.0 Å². The third-order valence-electron chi connectivity index (χ3n) is 2.97. The number of H-pyrrole nitrogens is 1. The Morgan fingerprint density at radius 2 is 2.00 bits per heavy atom. The van der Waals surface area contributed by atoms with Crippen molar-refractivity contribution < 1.29 is 14.6 Å². The van der Waals surface area contributed by atoms with Crippen LogP contribution in [0.5, 0.6) is 0 Å². The van der Waals surface area contributed by atoms with E-state index in [1.165, 1.54) is 0 Å². The summed E-state index contributed by atoms with van der Waals surface area (Å²) < 4.78 is 0. The second-order valence-electron chi connectivity index (χ2n) is 4.45. The molecule has 0 saturated heterocycles. The van der Waals surface area contributed by atoms with Gasteiger partial charge in [-0.15, -0.1) is 0 Å². The summed E-state index contributed by atoms with van der Waals surface area (Å²) in [7, 11) is 0. The molecular weight excluding hydrogens is 254 g/mol. The summed E-state index contributed by atoms with van der Waals surface area (Å²) in [5.74, 6) is -0.394. The molecule has 0 spiro atoms. The molecule has 0 aliphatic rings. The number of aromatic nitrogens is 1. The predicted molar refractivity (Wildman–Crippen MR) is 75.1 cm³/mol. The maximum Gasteiger partial charge on any atom is 0.365 e. The third-order valence-corrected chi connectivity index (χ3v) is 2.97. The Morgan fingerprint density at radius 1 is 1.20 bits per heavy atom. The minimum atomic E-state index is -0.532. The molecule has 2 aromatic rings. The monoisotopic (exact) mass is 270 g/mol. The molecule has 0 radical (unpaired) electrons. The van der Waals surface area contributed by atoms with Gasteiger partial charge >= 0.3 is 5.97 Å². The van der Waals surface area contributed by atoms with E-state index >= 15 is 0 Å². The molecule has 0 aliphatic carbocycles. The largest absolute Gasteiger partial charge is 0.380 e. The average molecular weight is 270 g/mol. The van der Waals surface area contributed by atoms with Gasteiger partial charge in [-0.2, -0.15) is 0 Å². The first-order valence-electron chi connectivity index (χ1n) is 6.16. The fraction of sp³-hybridized carbons (Fsp3) is 0.133. The molecule has 0 unspecified atom stereocenters. The maximum atomic E-state index is 11.9. The fourth-order valence-electron chi connectivity index (χ4n) is 1.62. The molecule has 102 valence electrons. The molecule has 5 nitrogen and oxygen atoms in total. The predicted octanol–water partition coefficient (Wildman–Crippen LogP) is 1.59. The number of rotatable bonds is 3. The molecule has 1 heterocycles. The van der Waals surface area contributed by atoms with Crippen LogP contribution in [0, 0.1) is 13.8 Å². The van der Waals surface area contributed by atoms with E-state index in [0.717, 1.165) is 11.1 Å². The van der Waals surface area contributed by atoms with Crippen molar-refractivity contribution in [1.82, 2.24) is 0 Å². The van der Waals surface area contributed by atoms with Crippen molar-refractivity contribution in [3.05, 3.63) is 65.0 Å². The number of aromatic amines is 1. The lowest BCUT2D eigenvalue weighted by Gasteiger charge is -2.03. The summed E-state index contributed by atoms with van der Waals surface area (Å²) in [5.41, 5.74) is 8.97. The van der Waals surface area contributed by atoms with Gasteiger partial charge in [-0.05, 0) is 43.2 Å². The zero-order chi connectivity index (χ0) is 14.5. The molecule has 0 bridgehead atoms. The molecule has 5 heteroatoms. The Hall–Kier alpha value is -2.69. The van der Waals surface area contributed by atoms with Gasteiger partial charge in [0.1, 0.15) is 0 Å². The number of hydrogen-bond donors (Lipinski definition) is 1. The van der Waals surface area contributed by atoms with E-state index < -0.39 is 5.97 Å². The van der Waals surface area contributed by atoms with E-state index in [0.29, 0.717) is 11.1 Å². The number of nitrogens with two attached hydrogens (primary N) is 1. The molecule has 1 aromatic heterocycles. The van der Waals surface area contributed by atoms with Crippen molar-refractivity contribution in [2.75, 3.05) is 0 Å². The van der Waals surface area contributed by atoms with Crippen LogP contribution >= 0.6 is 0 Å². The average Bonchev–Trinajstić information content (AvgIpc) is 2.48. The van der Waals surface area contributed by atoms with E-state index in [1.54, 1.807) is 36.7 Å². The Bertz CT molecular complexity index is 651. The third kappa shape index (κ3) is 3.20. The summed E-state index contributed by atoms with van der Waals surface area (Å²) in [6.45, 7) is 3.91. The van der Waals surface area contributed by atoms with Crippen molar-refractivity contribution in [1.29, 1.82) is 0 Å². The second-order valence-corrected chi connectivity index (χ2v) is 4.45. The number of hydrogen-bond acceptors (Lipinski definition) is 3. The zero-order valence-electron chi connectivity index (χ0n) is 11.4. The normalized spacial score (nSPS) is 11.2. The van der Waals surface area contributed by atoms with Crippen LogP contribution in [0.2, 0.25) is 0 Å². The molecular formula is C15H16N3O2+. The van der Waals surface area contributed by atoms with E-state index in [9.17, 15) is 4.79 Å². The summed E-state index contributed by atoms with van der Waals surface area (Å²) in [6.07, 6.45) is 3.42. The second kappa shape index (κ2) is 5.97. The minimum absolute atomic E-state index is 0.138. The molecule has 2 rings (SSSR count). The number of carbonyl (C=O) groups is 1. The smallest absolute Gasteiger partial charge is 0.365 e. The summed E-state index contributed by atoms with van der Waals surface area (Å²) in [5, 5.41) is 3.65. The number of pyridine rings is 1. The van der Waals surface area contributed by atoms with Crippen LogP contribution in [-0.4, -0.2) is 11.8 Å². The number of nitrogens with one attached hydrogen (secondary N) is 1. The molecule has 0 saturated carbocycles. The Kier molecular flexibility index (Phi) is 4.10. The fourth-order valence-corrected chi connectivity index (χ4v) is 1.62. The highest BCUT2D eigenvalue weighted by Crippen LogP contribution is 2.11. The van der Waals surface area contributed by atoms with Gasteiger partial charge in [-0.25, -0.2) is 9.78 Å². The lowest BCUT2D eigenvalue weighted by Crippen LogP contribution is -2.17. The van der Waals surface area contributed by atoms with Crippen molar-refractivity contribution in [2.45, 2.75) is 13.8 Å². The van der Waals surface area contributed by atoms with E-state index in [4.69, 9.17) is 10.6 Å². The van der Waals surface area contributed by atoms with Crippen molar-refractivity contribution in [3.8, 4) is 0 Å². The Labute approximate surface area is 117 Å². The van der Waals surface area contributed by atoms with Crippen LogP contribution in [0.25, 0.3) is 0 Å². The van der Waals surface area contributed by atoms with Crippen LogP contribution in [0.4, 0.5) is 0 Å². The van der Waals surface area contributed by atoms with Gasteiger partial charge in [0.05, 0.1) is 11.1 Å². The summed E-state index contributed by atoms with van der Waals surface area (Å²) in [6, 6.07) is 8.87. The molecule has 0 atom stereocenters. The Balaban J connectivity index is 2.10. The van der Waals surface area contributed by atoms with Crippen LogP contribution in [0.3, 0.4) is 0 Å². The van der Waals surface area contributed by atoms with Gasteiger partial charge in [-0.3, -0.25) is 0 Å². The first kappa shape index (κ1) is 13.7. The molecule has 1 aromatic carbocycles. The quantitative estimate of drug-likeness (QED) is 0.398. The van der Waals surface area contributed by atoms with Crippen LogP contribution in [0.15, 0.2) is 47.9 Å². The maximum absolute atomic E-state index is 11.9. The molecule has 20 heavy (non-hydrogen) atoms. The molecule has 3 N–H and O–H groups in total. The minimum Gasteiger partial charge on any atom is -0.380 e. The molecule has 0 aliphatic heterocycles. The van der Waals surface area contributed by atoms with Crippen molar-refractivity contribution >= 4 is 11.8 Å². The first-order chi connectivity index (χ1) is 9.58. The standard InChI is InChI=1S/C15H15N3O2/c1-10-5-6-12(8-11(10)2)15(19)20-18-14(16)13-4-3-7-17-9-13/h3-9H,1-2H3,(H2,16,18)/p+1. The highest BCUT2D eigenvalue weighted by atomic mass is 16.7. The van der Waals surface area contributed by atoms with Gasteiger partial charge in [-0.1, -0.05) is 11.2 Å². The summed E-state index contributed by atoms with van der Waals surface area (Å²) in [4.78, 5) is 19.6. The van der Waals surface area contributed by atoms with Gasteiger partial charge in [0.15, 0.2) is 18.2 Å². The topological polar surface area (TPSA) is 78.8 Å². The lowest BCUT2D eigenvalue weighted by molar-refractivity contribution is -0.378. The van der Waals surface area contributed by atoms with E-state index in [2.05, 4.69) is 10.1 Å². The number of amidine groups is 1. The number of carbonyl (C=O) groups excluding carboxylic acids is 1. The van der Waals surface area contributed by atoms with Crippen molar-refractivity contribution in [3.63, 3.8) is 0 Å². The van der Waals surface area contributed by atoms with Gasteiger partial charge in [0, 0.05) is 6.07 Å². The molecule has 0 fully saturated rings. The Morgan fingerprint density at radius 3 is 2.65 bits per heavy atom. The number of aryl methyl sites for hydroxylation is 2. The van der Waals surface area contributed by atoms with Crippen molar-refractivity contribution in [2.24, 2.45) is 10.9 Å². The highest BCUT2D eigenvalue weighted by molar-refractivity contribution is 5.97. The van der Waals surface area contributed by atoms with Gasteiger partial charge in [0.2, 0.25) is 0 Å². The highest BCUT2D eigenvalue weighted by Gasteiger charge is 2.09. The number of benzene rings is 1.